The van der Waals surface area contributed by atoms with Gasteiger partial charge in [0.1, 0.15) is 11.4 Å². The quantitative estimate of drug-likeness (QED) is 0.385. The van der Waals surface area contributed by atoms with Gasteiger partial charge in [-0.2, -0.15) is 0 Å². The third kappa shape index (κ3) is 4.56. The number of carbonyl (C=O) groups is 1. The first kappa shape index (κ1) is 25.9. The van der Waals surface area contributed by atoms with Crippen molar-refractivity contribution in [2.75, 3.05) is 13.2 Å². The van der Waals surface area contributed by atoms with E-state index in [0.29, 0.717) is 30.7 Å². The number of nitrogens with one attached hydrogen (secondary N) is 1. The predicted octanol–water partition coefficient (Wildman–Crippen LogP) is 4.75. The Morgan fingerprint density at radius 1 is 1.14 bits per heavy atom. The van der Waals surface area contributed by atoms with Crippen LogP contribution in [0.1, 0.15) is 70.8 Å². The number of amides is 1. The first-order chi connectivity index (χ1) is 17.7. The molecule has 0 aromatic heterocycles. The number of terminal acetylenes is 1. The van der Waals surface area contributed by atoms with Crippen molar-refractivity contribution in [3.05, 3.63) is 41.5 Å². The molecule has 5 rings (SSSR count). The summed E-state index contributed by atoms with van der Waals surface area (Å²) in [6, 6.07) is 6.98. The van der Waals surface area contributed by atoms with Crippen LogP contribution in [0.3, 0.4) is 0 Å². The van der Waals surface area contributed by atoms with E-state index in [1.807, 2.05) is 12.1 Å². The number of phenolic OH excluding ortho intramolecular Hbond substituents is 1. The van der Waals surface area contributed by atoms with Gasteiger partial charge in [0.15, 0.2) is 6.61 Å². The fourth-order valence-electron chi connectivity index (χ4n) is 8.13. The normalized spacial score (nSPS) is 37.5. The van der Waals surface area contributed by atoms with Crippen molar-refractivity contribution in [1.82, 2.24) is 5.32 Å². The topological polar surface area (TPSA) is 91.2 Å². The zero-order chi connectivity index (χ0) is 26.3. The second-order valence-electron chi connectivity index (χ2n) is 12.1. The molecule has 37 heavy (non-hydrogen) atoms. The number of hydrogen-bond acceptors (Lipinski definition) is 5. The van der Waals surface area contributed by atoms with Crippen molar-refractivity contribution in [1.29, 1.82) is 0 Å². The van der Waals surface area contributed by atoms with E-state index in [1.54, 1.807) is 12.1 Å². The molecule has 1 aromatic rings. The maximum atomic E-state index is 12.2. The summed E-state index contributed by atoms with van der Waals surface area (Å²) in [5.41, 5.74) is 2.47. The highest BCUT2D eigenvalue weighted by Crippen LogP contribution is 2.67. The summed E-state index contributed by atoms with van der Waals surface area (Å²) in [5.74, 6) is 4.55. The van der Waals surface area contributed by atoms with Crippen molar-refractivity contribution in [3.63, 3.8) is 0 Å². The van der Waals surface area contributed by atoms with Gasteiger partial charge in [0.05, 0.1) is 5.71 Å². The van der Waals surface area contributed by atoms with Gasteiger partial charge in [-0.1, -0.05) is 42.6 Å². The second-order valence-corrected chi connectivity index (χ2v) is 12.1. The van der Waals surface area contributed by atoms with Crippen LogP contribution >= 0.6 is 0 Å². The highest BCUT2D eigenvalue weighted by molar-refractivity contribution is 5.96. The van der Waals surface area contributed by atoms with E-state index >= 15 is 0 Å². The average molecular weight is 505 g/mol. The van der Waals surface area contributed by atoms with Crippen LogP contribution in [0.25, 0.3) is 0 Å². The van der Waals surface area contributed by atoms with Crippen molar-refractivity contribution < 1.29 is 19.8 Å². The molecule has 198 valence electrons. The van der Waals surface area contributed by atoms with Gasteiger partial charge in [-0.05, 0) is 105 Å². The van der Waals surface area contributed by atoms with Crippen LogP contribution in [-0.4, -0.2) is 40.6 Å². The predicted molar refractivity (Wildman–Crippen MR) is 144 cm³/mol. The smallest absolute Gasteiger partial charge is 0.260 e. The summed E-state index contributed by atoms with van der Waals surface area (Å²) in [5, 5.41) is 27.7. The number of hydrogen-bond donors (Lipinski definition) is 3. The van der Waals surface area contributed by atoms with Crippen LogP contribution in [0.4, 0.5) is 0 Å². The molecule has 1 amide bonds. The molecule has 6 heteroatoms. The molecule has 1 aromatic carbocycles. The summed E-state index contributed by atoms with van der Waals surface area (Å²) >= 11 is 0. The number of phenols is 1. The van der Waals surface area contributed by atoms with Gasteiger partial charge in [-0.15, -0.1) is 6.42 Å². The molecule has 4 aliphatic rings. The lowest BCUT2D eigenvalue weighted by atomic mass is 9.46. The number of aromatic hydroxyl groups is 1. The standard InChI is InChI=1S/C31H40N2O4/c1-4-31(36)17-13-27-25-10-7-22-19-23(11-15-29(22,2)26(25)12-16-30(27,31)3)33-37-20-28(35)32-18-14-21-5-8-24(34)9-6-21/h1,5-6,8-9,19,25-27,34,36H,7,10-18,20H2,2-3H3,(H,32,35)/t25-,26-,27+,29-,30+,31+/m0/s1. The molecule has 3 fully saturated rings. The van der Waals surface area contributed by atoms with Crippen LogP contribution in [0.2, 0.25) is 0 Å². The van der Waals surface area contributed by atoms with E-state index in [9.17, 15) is 15.0 Å². The van der Waals surface area contributed by atoms with Gasteiger partial charge >= 0.3 is 0 Å². The summed E-state index contributed by atoms with van der Waals surface area (Å²) in [6.07, 6.45) is 16.7. The minimum Gasteiger partial charge on any atom is -0.508 e. The number of carbonyl (C=O) groups excluding carboxylic acids is 1. The molecule has 0 aliphatic heterocycles. The number of rotatable bonds is 6. The van der Waals surface area contributed by atoms with E-state index in [1.165, 1.54) is 5.57 Å². The summed E-state index contributed by atoms with van der Waals surface area (Å²) in [7, 11) is 0. The zero-order valence-corrected chi connectivity index (χ0v) is 22.1. The third-order valence-electron chi connectivity index (χ3n) is 10.4. The van der Waals surface area contributed by atoms with Crippen molar-refractivity contribution >= 4 is 11.6 Å². The Labute approximate surface area is 220 Å². The molecule has 0 heterocycles. The van der Waals surface area contributed by atoms with Gasteiger partial charge in [-0.3, -0.25) is 4.79 Å². The maximum absolute atomic E-state index is 12.2. The van der Waals surface area contributed by atoms with Crippen molar-refractivity contribution in [2.24, 2.45) is 33.7 Å². The highest BCUT2D eigenvalue weighted by atomic mass is 16.6. The molecule has 3 N–H and O–H groups in total. The monoisotopic (exact) mass is 504 g/mol. The highest BCUT2D eigenvalue weighted by Gasteiger charge is 2.63. The minimum atomic E-state index is -0.957. The fraction of sp³-hybridized carbons (Fsp3) is 0.613. The summed E-state index contributed by atoms with van der Waals surface area (Å²) in [6.45, 7) is 5.08. The van der Waals surface area contributed by atoms with Gasteiger partial charge in [0, 0.05) is 12.0 Å². The Bertz CT molecular complexity index is 1130. The molecule has 0 unspecified atom stereocenters. The Kier molecular flexibility index (Phi) is 6.87. The molecule has 4 aliphatic carbocycles. The van der Waals surface area contributed by atoms with Gasteiger partial charge in [-0.25, -0.2) is 0 Å². The van der Waals surface area contributed by atoms with E-state index < -0.39 is 5.60 Å². The van der Waals surface area contributed by atoms with Crippen LogP contribution in [0, 0.1) is 40.9 Å². The molecule has 0 spiro atoms. The van der Waals surface area contributed by atoms with Crippen LogP contribution in [0.5, 0.6) is 5.75 Å². The number of allylic oxidation sites excluding steroid dienone is 2. The number of fused-ring (bicyclic) bond motifs is 5. The Hall–Kier alpha value is -2.78. The first-order valence-electron chi connectivity index (χ1n) is 13.8. The van der Waals surface area contributed by atoms with Crippen molar-refractivity contribution in [2.45, 2.75) is 77.2 Å². The lowest BCUT2D eigenvalue weighted by molar-refractivity contribution is -0.125. The molecule has 3 saturated carbocycles. The summed E-state index contributed by atoms with van der Waals surface area (Å²) < 4.78 is 0. The Morgan fingerprint density at radius 2 is 1.89 bits per heavy atom. The largest absolute Gasteiger partial charge is 0.508 e. The third-order valence-corrected chi connectivity index (χ3v) is 10.4. The Morgan fingerprint density at radius 3 is 2.65 bits per heavy atom. The lowest BCUT2D eigenvalue weighted by Gasteiger charge is -2.58. The molecular weight excluding hydrogens is 464 g/mol. The molecule has 0 saturated heterocycles. The van der Waals surface area contributed by atoms with Gasteiger partial charge in [0.2, 0.25) is 0 Å². The second kappa shape index (κ2) is 9.83. The lowest BCUT2D eigenvalue weighted by Crippen LogP contribution is -2.54. The molecule has 6 atom stereocenters. The number of nitrogens with zero attached hydrogens (tertiary/aromatic N) is 1. The molecule has 0 bridgehead atoms. The van der Waals surface area contributed by atoms with E-state index in [-0.39, 0.29) is 29.1 Å². The fourth-order valence-corrected chi connectivity index (χ4v) is 8.13. The van der Waals surface area contributed by atoms with Crippen LogP contribution in [-0.2, 0) is 16.1 Å². The van der Waals surface area contributed by atoms with Crippen LogP contribution < -0.4 is 5.32 Å². The summed E-state index contributed by atoms with van der Waals surface area (Å²) in [4.78, 5) is 17.6. The number of benzene rings is 1. The SMILES string of the molecule is C#C[C@@]1(O)CC[C@@H]2[C@H]3CCC4=CC(=NOCC(=O)NCCc5ccc(O)cc5)CC[C@]4(C)[C@H]3CC[C@]21C. The zero-order valence-electron chi connectivity index (χ0n) is 22.1. The van der Waals surface area contributed by atoms with Gasteiger partial charge in [0.25, 0.3) is 5.91 Å². The van der Waals surface area contributed by atoms with Crippen molar-refractivity contribution in [3.8, 4) is 18.1 Å². The number of oxime groups is 1. The molecule has 0 radical (unpaired) electrons. The van der Waals surface area contributed by atoms with E-state index in [0.717, 1.165) is 62.6 Å². The number of aliphatic hydroxyl groups is 1. The van der Waals surface area contributed by atoms with E-state index in [4.69, 9.17) is 11.3 Å². The Balaban J connectivity index is 1.16. The molecule has 6 nitrogen and oxygen atoms in total. The molecular formula is C31H40N2O4. The van der Waals surface area contributed by atoms with E-state index in [2.05, 4.69) is 36.3 Å². The maximum Gasteiger partial charge on any atom is 0.260 e. The first-order valence-corrected chi connectivity index (χ1v) is 13.8. The minimum absolute atomic E-state index is 0.0947. The van der Waals surface area contributed by atoms with Gasteiger partial charge < -0.3 is 20.4 Å². The van der Waals surface area contributed by atoms with Crippen LogP contribution in [0.15, 0.2) is 41.1 Å². The average Bonchev–Trinajstić information content (AvgIpc) is 3.16.